The molecule has 3 aromatic rings. The molecule has 2 heterocycles. The Kier molecular flexibility index (Phi) is 10.2. The van der Waals surface area contributed by atoms with E-state index in [0.29, 0.717) is 36.2 Å². The van der Waals surface area contributed by atoms with Gasteiger partial charge < -0.3 is 14.4 Å². The number of rotatable bonds is 11. The van der Waals surface area contributed by atoms with E-state index < -0.39 is 6.10 Å². The zero-order valence-electron chi connectivity index (χ0n) is 28.1. The predicted molar refractivity (Wildman–Crippen MR) is 185 cm³/mol. The number of aliphatic hydroxyl groups is 1. The Morgan fingerprint density at radius 1 is 1.02 bits per heavy atom. The van der Waals surface area contributed by atoms with Crippen LogP contribution in [0.25, 0.3) is 0 Å². The quantitative estimate of drug-likeness (QED) is 0.216. The average molecular weight is 624 g/mol. The second kappa shape index (κ2) is 14.3. The van der Waals surface area contributed by atoms with Crippen molar-refractivity contribution in [2.45, 2.75) is 134 Å². The minimum Gasteiger partial charge on any atom is -0.487 e. The lowest BCUT2D eigenvalue weighted by Crippen LogP contribution is -2.38. The normalized spacial score (nSPS) is 23.5. The highest BCUT2D eigenvalue weighted by atomic mass is 16.5. The summed E-state index contributed by atoms with van der Waals surface area (Å²) in [4.78, 5) is 26.7. The number of nitrogens with zero attached hydrogens (tertiary/aromatic N) is 1. The van der Waals surface area contributed by atoms with Gasteiger partial charge in [-0.15, -0.1) is 0 Å². The maximum absolute atomic E-state index is 13.9. The Morgan fingerprint density at radius 3 is 2.54 bits per heavy atom. The van der Waals surface area contributed by atoms with Crippen molar-refractivity contribution < 1.29 is 14.6 Å². The Labute approximate surface area is 275 Å². The lowest BCUT2D eigenvalue weighted by Gasteiger charge is -2.41. The molecule has 0 saturated heterocycles. The van der Waals surface area contributed by atoms with Crippen molar-refractivity contribution in [3.05, 3.63) is 99.5 Å². The lowest BCUT2D eigenvalue weighted by molar-refractivity contribution is 0.0343. The number of pyridine rings is 1. The second-order valence-electron chi connectivity index (χ2n) is 15.2. The van der Waals surface area contributed by atoms with Crippen LogP contribution in [0, 0.1) is 11.8 Å². The third kappa shape index (κ3) is 7.51. The molecule has 1 aromatic heterocycles. The van der Waals surface area contributed by atoms with Crippen LogP contribution in [-0.4, -0.2) is 27.2 Å². The van der Waals surface area contributed by atoms with Crippen molar-refractivity contribution in [1.29, 1.82) is 0 Å². The van der Waals surface area contributed by atoms with Gasteiger partial charge in [0.1, 0.15) is 11.4 Å². The van der Waals surface area contributed by atoms with Gasteiger partial charge in [0.2, 0.25) is 0 Å². The maximum atomic E-state index is 13.9. The largest absolute Gasteiger partial charge is 0.487 e. The van der Waals surface area contributed by atoms with E-state index in [1.807, 2.05) is 18.2 Å². The van der Waals surface area contributed by atoms with Gasteiger partial charge in [0.25, 0.3) is 5.56 Å². The van der Waals surface area contributed by atoms with Crippen molar-refractivity contribution in [2.75, 3.05) is 0 Å². The van der Waals surface area contributed by atoms with Crippen LogP contribution >= 0.6 is 0 Å². The van der Waals surface area contributed by atoms with Gasteiger partial charge in [-0.3, -0.25) is 9.59 Å². The Balaban J connectivity index is 1.21. The van der Waals surface area contributed by atoms with Gasteiger partial charge in [0.15, 0.2) is 5.78 Å². The van der Waals surface area contributed by atoms with E-state index in [4.69, 9.17) is 4.74 Å². The number of aromatic nitrogens is 1. The van der Waals surface area contributed by atoms with Crippen LogP contribution in [0.3, 0.4) is 0 Å². The number of carbonyl (C=O) groups excluding carboxylic acids is 1. The molecule has 46 heavy (non-hydrogen) atoms. The Hall–Kier alpha value is -3.18. The summed E-state index contributed by atoms with van der Waals surface area (Å²) in [5.41, 5.74) is 4.20. The highest BCUT2D eigenvalue weighted by molar-refractivity contribution is 5.96. The fourth-order valence-electron chi connectivity index (χ4n) is 8.59. The topological polar surface area (TPSA) is 68.5 Å². The maximum Gasteiger partial charge on any atom is 0.250 e. The SMILES string of the molecule is CC1CCCC(n2cc(C(=O)C[C@@H](Cc3ccccc3)[C@H](O)CC[C@H]3CC4(CCCC4)Oc4ccc(C(C)C)cc43)ccc2=O)C1. The molecular weight excluding hydrogens is 570 g/mol. The van der Waals surface area contributed by atoms with Crippen LogP contribution < -0.4 is 10.3 Å². The van der Waals surface area contributed by atoms with Crippen LogP contribution in [0.2, 0.25) is 0 Å². The van der Waals surface area contributed by atoms with E-state index in [0.717, 1.165) is 56.3 Å². The summed E-state index contributed by atoms with van der Waals surface area (Å²) in [5, 5.41) is 11.8. The van der Waals surface area contributed by atoms with Crippen LogP contribution in [0.15, 0.2) is 71.7 Å². The number of carbonyl (C=O) groups is 1. The molecule has 3 aliphatic rings. The molecule has 0 amide bonds. The van der Waals surface area contributed by atoms with E-state index in [-0.39, 0.29) is 35.3 Å². The summed E-state index contributed by atoms with van der Waals surface area (Å²) in [6.45, 7) is 6.71. The monoisotopic (exact) mass is 623 g/mol. The van der Waals surface area contributed by atoms with Crippen LogP contribution in [0.4, 0.5) is 0 Å². The summed E-state index contributed by atoms with van der Waals surface area (Å²) >= 11 is 0. The number of benzene rings is 2. The van der Waals surface area contributed by atoms with E-state index >= 15 is 0 Å². The first-order chi connectivity index (χ1) is 22.2. The van der Waals surface area contributed by atoms with E-state index in [2.05, 4.69) is 51.1 Å². The molecule has 2 aromatic carbocycles. The molecule has 1 aliphatic heterocycles. The molecule has 0 bridgehead atoms. The first-order valence-corrected chi connectivity index (χ1v) is 18.0. The van der Waals surface area contributed by atoms with Gasteiger partial charge in [-0.2, -0.15) is 0 Å². The number of fused-ring (bicyclic) bond motifs is 1. The first-order valence-electron chi connectivity index (χ1n) is 18.0. The van der Waals surface area contributed by atoms with Crippen molar-refractivity contribution >= 4 is 5.78 Å². The highest BCUT2D eigenvalue weighted by Crippen LogP contribution is 2.50. The Morgan fingerprint density at radius 2 is 1.80 bits per heavy atom. The minimum absolute atomic E-state index is 0.000449. The van der Waals surface area contributed by atoms with Gasteiger partial charge in [0.05, 0.1) is 6.10 Å². The molecule has 6 rings (SSSR count). The number of aliphatic hydroxyl groups excluding tert-OH is 1. The fourth-order valence-corrected chi connectivity index (χ4v) is 8.59. The van der Waals surface area contributed by atoms with Gasteiger partial charge in [-0.1, -0.05) is 76.1 Å². The van der Waals surface area contributed by atoms with Gasteiger partial charge in [0, 0.05) is 30.3 Å². The summed E-state index contributed by atoms with van der Waals surface area (Å²) in [7, 11) is 0. The molecule has 2 saturated carbocycles. The summed E-state index contributed by atoms with van der Waals surface area (Å²) < 4.78 is 8.52. The molecule has 5 atom stereocenters. The summed E-state index contributed by atoms with van der Waals surface area (Å²) in [5.74, 6) is 2.15. The Bertz CT molecular complexity index is 1540. The molecule has 2 aliphatic carbocycles. The molecule has 0 radical (unpaired) electrons. The van der Waals surface area contributed by atoms with Crippen LogP contribution in [0.5, 0.6) is 5.75 Å². The van der Waals surface area contributed by atoms with Crippen molar-refractivity contribution in [3.8, 4) is 5.75 Å². The molecule has 246 valence electrons. The highest BCUT2D eigenvalue weighted by Gasteiger charge is 2.43. The van der Waals surface area contributed by atoms with Gasteiger partial charge >= 0.3 is 0 Å². The molecule has 2 fully saturated rings. The molecule has 1 N–H and O–H groups in total. The van der Waals surface area contributed by atoms with Crippen LogP contribution in [0.1, 0.15) is 143 Å². The van der Waals surface area contributed by atoms with Crippen LogP contribution in [-0.2, 0) is 6.42 Å². The van der Waals surface area contributed by atoms with Crippen molar-refractivity contribution in [3.63, 3.8) is 0 Å². The van der Waals surface area contributed by atoms with E-state index in [1.165, 1.54) is 30.4 Å². The second-order valence-corrected chi connectivity index (χ2v) is 15.2. The number of ether oxygens (including phenoxy) is 1. The van der Waals surface area contributed by atoms with E-state index in [1.54, 1.807) is 22.9 Å². The standard InChI is InChI=1S/C41H53NO4/c1-28(2)31-15-18-39-36(24-31)32(26-41(46-39)20-7-8-21-41)14-17-37(43)34(23-30-11-5-4-6-12-30)25-38(44)33-16-19-40(45)42(27-33)35-13-9-10-29(3)22-35/h4-6,11-12,15-16,18-19,24,27-29,32,34-35,37,43H,7-10,13-14,17,20-23,25-26H2,1-3H3/t29?,32-,34+,35?,37+/m0/s1. The summed E-state index contributed by atoms with van der Waals surface area (Å²) in [6.07, 6.45) is 13.5. The third-order valence-corrected chi connectivity index (χ3v) is 11.3. The number of hydrogen-bond acceptors (Lipinski definition) is 4. The minimum atomic E-state index is -0.617. The smallest absolute Gasteiger partial charge is 0.250 e. The first kappa shape index (κ1) is 32.7. The number of Topliss-reactive ketones (excluding diaryl/α,β-unsaturated/α-hetero) is 1. The molecular formula is C41H53NO4. The lowest BCUT2D eigenvalue weighted by atomic mass is 9.77. The van der Waals surface area contributed by atoms with Gasteiger partial charge in [-0.05, 0) is 117 Å². The molecule has 2 unspecified atom stereocenters. The average Bonchev–Trinajstić information content (AvgIpc) is 3.50. The van der Waals surface area contributed by atoms with Gasteiger partial charge in [-0.25, -0.2) is 0 Å². The number of ketones is 1. The predicted octanol–water partition coefficient (Wildman–Crippen LogP) is 9.17. The van der Waals surface area contributed by atoms with Crippen molar-refractivity contribution in [1.82, 2.24) is 4.57 Å². The van der Waals surface area contributed by atoms with Crippen molar-refractivity contribution in [2.24, 2.45) is 11.8 Å². The number of hydrogen-bond donors (Lipinski definition) is 1. The zero-order valence-corrected chi connectivity index (χ0v) is 28.1. The fraction of sp³-hybridized carbons (Fsp3) is 0.561. The summed E-state index contributed by atoms with van der Waals surface area (Å²) in [6, 6.07) is 20.3. The van der Waals surface area contributed by atoms with E-state index in [9.17, 15) is 14.7 Å². The zero-order chi connectivity index (χ0) is 32.3. The third-order valence-electron chi connectivity index (χ3n) is 11.3. The molecule has 5 nitrogen and oxygen atoms in total. The molecule has 1 spiro atoms. The molecule has 5 heteroatoms.